The normalized spacial score (nSPS) is 13.5. The molecule has 1 aliphatic carbocycles. The molecule has 0 fully saturated rings. The zero-order chi connectivity index (χ0) is 21.8. The summed E-state index contributed by atoms with van der Waals surface area (Å²) in [7, 11) is 1.62. The zero-order valence-corrected chi connectivity index (χ0v) is 19.1. The fourth-order valence-electron chi connectivity index (χ4n) is 3.89. The van der Waals surface area contributed by atoms with Crippen LogP contribution in [0.2, 0.25) is 0 Å². The van der Waals surface area contributed by atoms with Crippen LogP contribution in [0.15, 0.2) is 34.2 Å². The van der Waals surface area contributed by atoms with E-state index in [0.717, 1.165) is 29.5 Å². The predicted octanol–water partition coefficient (Wildman–Crippen LogP) is 4.88. The van der Waals surface area contributed by atoms with E-state index in [1.54, 1.807) is 23.0 Å². The van der Waals surface area contributed by atoms with Gasteiger partial charge in [-0.3, -0.25) is 14.2 Å². The zero-order valence-electron chi connectivity index (χ0n) is 17.5. The quantitative estimate of drug-likeness (QED) is 0.197. The first-order valence-electron chi connectivity index (χ1n) is 10.5. The maximum absolute atomic E-state index is 13.3. The van der Waals surface area contributed by atoms with Gasteiger partial charge in [-0.2, -0.15) is 0 Å². The van der Waals surface area contributed by atoms with E-state index >= 15 is 0 Å². The van der Waals surface area contributed by atoms with Crippen molar-refractivity contribution >= 4 is 39.1 Å². The standard InChI is InChI=1S/C23H25FN2O3S2/c1-29-13-12-26-22(28)20-17-5-2-3-7-19(17)31-21(20)25-23(26)30-14-4-6-18(27)15-8-10-16(24)11-9-15/h8-11H,2-7,12-14H2,1H3. The molecule has 8 heteroatoms. The molecule has 0 atom stereocenters. The number of ketones is 1. The van der Waals surface area contributed by atoms with Crippen LogP contribution in [-0.2, 0) is 24.1 Å². The predicted molar refractivity (Wildman–Crippen MR) is 123 cm³/mol. The number of Topliss-reactive ketones (excluding diaryl/α,β-unsaturated/α-hetero) is 1. The number of hydrogen-bond donors (Lipinski definition) is 0. The highest BCUT2D eigenvalue weighted by molar-refractivity contribution is 7.99. The molecule has 4 rings (SSSR count). The number of fused-ring (bicyclic) bond motifs is 3. The molecule has 164 valence electrons. The Morgan fingerprint density at radius 2 is 2.03 bits per heavy atom. The lowest BCUT2D eigenvalue weighted by molar-refractivity contribution is 0.0982. The highest BCUT2D eigenvalue weighted by Crippen LogP contribution is 2.34. The van der Waals surface area contributed by atoms with Crippen LogP contribution in [0.1, 0.15) is 46.5 Å². The third kappa shape index (κ3) is 4.91. The average Bonchev–Trinajstić information content (AvgIpc) is 3.15. The highest BCUT2D eigenvalue weighted by Gasteiger charge is 2.22. The number of aryl methyl sites for hydroxylation is 2. The number of aromatic nitrogens is 2. The van der Waals surface area contributed by atoms with E-state index in [1.165, 1.54) is 52.9 Å². The van der Waals surface area contributed by atoms with Crippen molar-refractivity contribution < 1.29 is 13.9 Å². The lowest BCUT2D eigenvalue weighted by Gasteiger charge is -2.13. The number of methoxy groups -OCH3 is 1. The third-order valence-corrected chi connectivity index (χ3v) is 7.75. The van der Waals surface area contributed by atoms with E-state index < -0.39 is 0 Å². The maximum Gasteiger partial charge on any atom is 0.263 e. The topological polar surface area (TPSA) is 61.2 Å². The number of halogens is 1. The van der Waals surface area contributed by atoms with Crippen molar-refractivity contribution in [3.8, 4) is 0 Å². The first kappa shape index (κ1) is 22.2. The van der Waals surface area contributed by atoms with Gasteiger partial charge < -0.3 is 4.74 Å². The lowest BCUT2D eigenvalue weighted by atomic mass is 9.97. The van der Waals surface area contributed by atoms with Gasteiger partial charge in [0.15, 0.2) is 10.9 Å². The Bertz CT molecular complexity index is 1140. The largest absolute Gasteiger partial charge is 0.383 e. The Hall–Kier alpha value is -2.03. The molecule has 0 saturated carbocycles. The highest BCUT2D eigenvalue weighted by atomic mass is 32.2. The first-order chi connectivity index (χ1) is 15.1. The van der Waals surface area contributed by atoms with Crippen molar-refractivity contribution in [2.75, 3.05) is 19.5 Å². The molecular weight excluding hydrogens is 435 g/mol. The van der Waals surface area contributed by atoms with Gasteiger partial charge in [0.25, 0.3) is 5.56 Å². The molecule has 1 aliphatic rings. The summed E-state index contributed by atoms with van der Waals surface area (Å²) in [6, 6.07) is 5.63. The molecule has 1 aromatic carbocycles. The Morgan fingerprint density at radius 1 is 1.26 bits per heavy atom. The van der Waals surface area contributed by atoms with Crippen LogP contribution in [0.3, 0.4) is 0 Å². The second-order valence-corrected chi connectivity index (χ2v) is 9.76. The van der Waals surface area contributed by atoms with Gasteiger partial charge >= 0.3 is 0 Å². The molecule has 0 unspecified atom stereocenters. The summed E-state index contributed by atoms with van der Waals surface area (Å²) in [5.74, 6) is 0.313. The monoisotopic (exact) mass is 460 g/mol. The number of carbonyl (C=O) groups excluding carboxylic acids is 1. The number of rotatable bonds is 9. The summed E-state index contributed by atoms with van der Waals surface area (Å²) in [5, 5.41) is 1.47. The van der Waals surface area contributed by atoms with Gasteiger partial charge in [0, 0.05) is 29.7 Å². The number of thiophene rings is 1. The fourth-order valence-corrected chi connectivity index (χ4v) is 6.15. The van der Waals surface area contributed by atoms with Crippen molar-refractivity contribution in [1.82, 2.24) is 9.55 Å². The fraction of sp³-hybridized carbons (Fsp3) is 0.435. The Kier molecular flexibility index (Phi) is 7.20. The van der Waals surface area contributed by atoms with Crippen LogP contribution in [0.5, 0.6) is 0 Å². The summed E-state index contributed by atoms with van der Waals surface area (Å²) >= 11 is 3.15. The average molecular weight is 461 g/mol. The molecule has 2 aromatic heterocycles. The molecule has 0 spiro atoms. The molecule has 0 radical (unpaired) electrons. The molecule has 0 bridgehead atoms. The summed E-state index contributed by atoms with van der Waals surface area (Å²) < 4.78 is 20.0. The summed E-state index contributed by atoms with van der Waals surface area (Å²) in [5.41, 5.74) is 1.73. The number of ether oxygens (including phenoxy) is 1. The minimum Gasteiger partial charge on any atom is -0.383 e. The third-order valence-electron chi connectivity index (χ3n) is 5.50. The van der Waals surface area contributed by atoms with Crippen molar-refractivity contribution in [2.45, 2.75) is 50.2 Å². The van der Waals surface area contributed by atoms with Crippen molar-refractivity contribution in [2.24, 2.45) is 0 Å². The van der Waals surface area contributed by atoms with E-state index in [-0.39, 0.29) is 17.2 Å². The van der Waals surface area contributed by atoms with E-state index in [1.807, 2.05) is 0 Å². The number of benzene rings is 1. The van der Waals surface area contributed by atoms with Gasteiger partial charge in [0.05, 0.1) is 18.5 Å². The Morgan fingerprint density at radius 3 is 2.81 bits per heavy atom. The first-order valence-corrected chi connectivity index (χ1v) is 12.3. The van der Waals surface area contributed by atoms with Crippen LogP contribution in [0, 0.1) is 5.82 Å². The van der Waals surface area contributed by atoms with Gasteiger partial charge in [0.2, 0.25) is 0 Å². The molecule has 5 nitrogen and oxygen atoms in total. The van der Waals surface area contributed by atoms with Crippen LogP contribution >= 0.6 is 23.1 Å². The van der Waals surface area contributed by atoms with Crippen molar-refractivity contribution in [1.29, 1.82) is 0 Å². The van der Waals surface area contributed by atoms with Crippen LogP contribution in [-0.4, -0.2) is 34.8 Å². The van der Waals surface area contributed by atoms with Gasteiger partial charge in [-0.25, -0.2) is 9.37 Å². The summed E-state index contributed by atoms with van der Waals surface area (Å²) in [6.45, 7) is 0.899. The molecule has 2 heterocycles. The SMILES string of the molecule is COCCn1c(SCCCC(=O)c2ccc(F)cc2)nc2sc3c(c2c1=O)CCCC3. The molecule has 0 saturated heterocycles. The molecule has 0 aliphatic heterocycles. The lowest BCUT2D eigenvalue weighted by Crippen LogP contribution is -2.25. The van der Waals surface area contributed by atoms with Gasteiger partial charge in [0.1, 0.15) is 10.6 Å². The van der Waals surface area contributed by atoms with Crippen molar-refractivity contribution in [3.63, 3.8) is 0 Å². The minimum absolute atomic E-state index is 0.00767. The maximum atomic E-state index is 13.3. The van der Waals surface area contributed by atoms with Crippen molar-refractivity contribution in [3.05, 3.63) is 56.4 Å². The number of thioether (sulfide) groups is 1. The molecule has 0 N–H and O–H groups in total. The van der Waals surface area contributed by atoms with Crippen LogP contribution < -0.4 is 5.56 Å². The number of hydrogen-bond acceptors (Lipinski definition) is 6. The summed E-state index contributed by atoms with van der Waals surface area (Å²) in [6.07, 6.45) is 5.29. The van der Waals surface area contributed by atoms with Gasteiger partial charge in [-0.05, 0) is 61.9 Å². The van der Waals surface area contributed by atoms with Crippen LogP contribution in [0.25, 0.3) is 10.2 Å². The molecule has 3 aromatic rings. The number of carbonyl (C=O) groups is 1. The van der Waals surface area contributed by atoms with E-state index in [0.29, 0.717) is 42.5 Å². The second-order valence-electron chi connectivity index (χ2n) is 7.62. The molecule has 31 heavy (non-hydrogen) atoms. The minimum atomic E-state index is -0.349. The van der Waals surface area contributed by atoms with Gasteiger partial charge in [-0.1, -0.05) is 11.8 Å². The Labute approximate surface area is 188 Å². The van der Waals surface area contributed by atoms with E-state index in [9.17, 15) is 14.0 Å². The second kappa shape index (κ2) is 10.1. The summed E-state index contributed by atoms with van der Waals surface area (Å²) in [4.78, 5) is 32.6. The van der Waals surface area contributed by atoms with E-state index in [4.69, 9.17) is 9.72 Å². The van der Waals surface area contributed by atoms with Crippen LogP contribution in [0.4, 0.5) is 4.39 Å². The smallest absolute Gasteiger partial charge is 0.263 e. The van der Waals surface area contributed by atoms with E-state index in [2.05, 4.69) is 0 Å². The Balaban J connectivity index is 1.50. The molecule has 0 amide bonds. The molecular formula is C23H25FN2O3S2. The number of nitrogens with zero attached hydrogens (tertiary/aromatic N) is 2. The van der Waals surface area contributed by atoms with Gasteiger partial charge in [-0.15, -0.1) is 11.3 Å².